The Balaban J connectivity index is 2.03. The van der Waals surface area contributed by atoms with Crippen molar-refractivity contribution >= 4 is 28.8 Å². The molecule has 0 aromatic heterocycles. The van der Waals surface area contributed by atoms with Crippen molar-refractivity contribution in [2.45, 2.75) is 32.7 Å². The largest absolute Gasteiger partial charge is 0.480 e. The van der Waals surface area contributed by atoms with Gasteiger partial charge in [-0.3, -0.25) is 9.59 Å². The summed E-state index contributed by atoms with van der Waals surface area (Å²) in [6, 6.07) is 9.14. The maximum absolute atomic E-state index is 12.6. The first kappa shape index (κ1) is 18.5. The standard InChI is InChI=1S/C18H23NO4S/c1-12(11-24-13(2)20)17(21)19-10-15(9-16(19)18(22)23)8-14-6-4-3-5-7-14/h3-7,12,15-16H,8-11H2,1-2H3,(H,22,23)/t12-,15-,16+/m1/s1. The molecule has 1 aliphatic rings. The van der Waals surface area contributed by atoms with Gasteiger partial charge in [0.15, 0.2) is 5.12 Å². The van der Waals surface area contributed by atoms with Crippen LogP contribution in [-0.4, -0.2) is 45.3 Å². The zero-order valence-corrected chi connectivity index (χ0v) is 14.8. The molecule has 0 radical (unpaired) electrons. The van der Waals surface area contributed by atoms with Gasteiger partial charge in [-0.25, -0.2) is 4.79 Å². The second-order valence-electron chi connectivity index (χ2n) is 6.34. The number of amides is 1. The molecule has 0 bridgehead atoms. The van der Waals surface area contributed by atoms with Crippen LogP contribution in [0.3, 0.4) is 0 Å². The normalized spacial score (nSPS) is 21.5. The summed E-state index contributed by atoms with van der Waals surface area (Å²) in [5, 5.41) is 9.43. The van der Waals surface area contributed by atoms with E-state index in [2.05, 4.69) is 0 Å². The SMILES string of the molecule is CC(=O)SC[C@@H](C)C(=O)N1C[C@H](Cc2ccccc2)C[C@H]1C(=O)O. The Bertz CT molecular complexity index is 604. The highest BCUT2D eigenvalue weighted by Gasteiger charge is 2.40. The third-order valence-electron chi connectivity index (χ3n) is 4.28. The lowest BCUT2D eigenvalue weighted by Crippen LogP contribution is -2.43. The van der Waals surface area contributed by atoms with Crippen LogP contribution in [0.4, 0.5) is 0 Å². The molecule has 0 unspecified atom stereocenters. The predicted molar refractivity (Wildman–Crippen MR) is 93.7 cm³/mol. The van der Waals surface area contributed by atoms with Crippen molar-refractivity contribution in [1.82, 2.24) is 4.90 Å². The average molecular weight is 349 g/mol. The van der Waals surface area contributed by atoms with E-state index < -0.39 is 12.0 Å². The summed E-state index contributed by atoms with van der Waals surface area (Å²) < 4.78 is 0. The molecule has 1 aliphatic heterocycles. The molecule has 5 nitrogen and oxygen atoms in total. The van der Waals surface area contributed by atoms with E-state index in [1.54, 1.807) is 6.92 Å². The van der Waals surface area contributed by atoms with Gasteiger partial charge in [-0.1, -0.05) is 49.0 Å². The van der Waals surface area contributed by atoms with E-state index in [1.807, 2.05) is 30.3 Å². The third kappa shape index (κ3) is 4.84. The Labute approximate surface area is 146 Å². The molecule has 0 spiro atoms. The van der Waals surface area contributed by atoms with Crippen LogP contribution in [0.5, 0.6) is 0 Å². The number of aliphatic carboxylic acids is 1. The van der Waals surface area contributed by atoms with E-state index in [9.17, 15) is 19.5 Å². The first-order valence-electron chi connectivity index (χ1n) is 8.09. The molecule has 6 heteroatoms. The van der Waals surface area contributed by atoms with Gasteiger partial charge >= 0.3 is 5.97 Å². The molecule has 1 saturated heterocycles. The van der Waals surface area contributed by atoms with Crippen LogP contribution >= 0.6 is 11.8 Å². The van der Waals surface area contributed by atoms with E-state index in [0.717, 1.165) is 23.7 Å². The van der Waals surface area contributed by atoms with Crippen LogP contribution in [0.25, 0.3) is 0 Å². The van der Waals surface area contributed by atoms with Crippen LogP contribution in [0.1, 0.15) is 25.8 Å². The van der Waals surface area contributed by atoms with Crippen LogP contribution in [-0.2, 0) is 20.8 Å². The maximum atomic E-state index is 12.6. The number of likely N-dealkylation sites (tertiary alicyclic amines) is 1. The average Bonchev–Trinajstić information content (AvgIpc) is 2.96. The monoisotopic (exact) mass is 349 g/mol. The summed E-state index contributed by atoms with van der Waals surface area (Å²) >= 11 is 1.11. The number of rotatable bonds is 6. The number of hydrogen-bond acceptors (Lipinski definition) is 4. The van der Waals surface area contributed by atoms with Gasteiger partial charge in [-0.15, -0.1) is 0 Å². The molecular weight excluding hydrogens is 326 g/mol. The predicted octanol–water partition coefficient (Wildman–Crippen LogP) is 2.45. The van der Waals surface area contributed by atoms with Crippen LogP contribution in [0.15, 0.2) is 30.3 Å². The fourth-order valence-electron chi connectivity index (χ4n) is 3.09. The summed E-state index contributed by atoms with van der Waals surface area (Å²) in [7, 11) is 0. The summed E-state index contributed by atoms with van der Waals surface area (Å²) in [5.74, 6) is -0.959. The number of carbonyl (C=O) groups excluding carboxylic acids is 2. The fourth-order valence-corrected chi connectivity index (χ4v) is 3.72. The zero-order chi connectivity index (χ0) is 17.7. The summed E-state index contributed by atoms with van der Waals surface area (Å²) in [4.78, 5) is 36.7. The fraction of sp³-hybridized carbons (Fsp3) is 0.500. The number of thioether (sulfide) groups is 1. The third-order valence-corrected chi connectivity index (χ3v) is 5.35. The van der Waals surface area contributed by atoms with E-state index in [1.165, 1.54) is 11.8 Å². The van der Waals surface area contributed by atoms with Crippen molar-refractivity contribution in [3.05, 3.63) is 35.9 Å². The van der Waals surface area contributed by atoms with Gasteiger partial charge in [-0.2, -0.15) is 0 Å². The molecule has 1 aromatic carbocycles. The lowest BCUT2D eigenvalue weighted by Gasteiger charge is -2.24. The van der Waals surface area contributed by atoms with E-state index >= 15 is 0 Å². The molecule has 1 fully saturated rings. The summed E-state index contributed by atoms with van der Waals surface area (Å²) in [6.45, 7) is 3.68. The quantitative estimate of drug-likeness (QED) is 0.854. The first-order valence-corrected chi connectivity index (χ1v) is 9.07. The smallest absolute Gasteiger partial charge is 0.326 e. The highest BCUT2D eigenvalue weighted by atomic mass is 32.2. The van der Waals surface area contributed by atoms with Gasteiger partial charge in [-0.05, 0) is 24.3 Å². The van der Waals surface area contributed by atoms with Crippen molar-refractivity contribution in [2.24, 2.45) is 11.8 Å². The second-order valence-corrected chi connectivity index (χ2v) is 7.54. The molecule has 1 amide bonds. The molecule has 1 aromatic rings. The number of benzene rings is 1. The van der Waals surface area contributed by atoms with Gasteiger partial charge in [0.25, 0.3) is 0 Å². The summed E-state index contributed by atoms with van der Waals surface area (Å²) in [6.07, 6.45) is 1.24. The Kier molecular flexibility index (Phi) is 6.43. The Morgan fingerprint density at radius 1 is 1.29 bits per heavy atom. The maximum Gasteiger partial charge on any atom is 0.326 e. The minimum Gasteiger partial charge on any atom is -0.480 e. The number of carboxylic acids is 1. The molecule has 0 saturated carbocycles. The molecule has 3 atom stereocenters. The molecule has 1 N–H and O–H groups in total. The molecule has 130 valence electrons. The van der Waals surface area contributed by atoms with E-state index in [-0.39, 0.29) is 22.9 Å². The summed E-state index contributed by atoms with van der Waals surface area (Å²) in [5.41, 5.74) is 1.15. The second kappa shape index (κ2) is 8.33. The van der Waals surface area contributed by atoms with Crippen LogP contribution < -0.4 is 0 Å². The minimum absolute atomic E-state index is 0.0344. The van der Waals surface area contributed by atoms with Crippen molar-refractivity contribution in [3.8, 4) is 0 Å². The number of hydrogen-bond donors (Lipinski definition) is 1. The lowest BCUT2D eigenvalue weighted by molar-refractivity contribution is -0.149. The number of carbonyl (C=O) groups is 3. The first-order chi connectivity index (χ1) is 11.4. The highest BCUT2D eigenvalue weighted by molar-refractivity contribution is 8.13. The van der Waals surface area contributed by atoms with Gasteiger partial charge in [0, 0.05) is 25.1 Å². The molecular formula is C18H23NO4S. The van der Waals surface area contributed by atoms with Gasteiger partial charge in [0.05, 0.1) is 0 Å². The Morgan fingerprint density at radius 3 is 2.54 bits per heavy atom. The number of carboxylic acid groups (broad SMARTS) is 1. The van der Waals surface area contributed by atoms with E-state index in [0.29, 0.717) is 18.7 Å². The Hall–Kier alpha value is -1.82. The van der Waals surface area contributed by atoms with Crippen molar-refractivity contribution in [1.29, 1.82) is 0 Å². The minimum atomic E-state index is -0.953. The molecule has 2 rings (SSSR count). The molecule has 1 heterocycles. The topological polar surface area (TPSA) is 74.7 Å². The van der Waals surface area contributed by atoms with Crippen LogP contribution in [0.2, 0.25) is 0 Å². The van der Waals surface area contributed by atoms with Crippen molar-refractivity contribution in [3.63, 3.8) is 0 Å². The highest BCUT2D eigenvalue weighted by Crippen LogP contribution is 2.28. The van der Waals surface area contributed by atoms with Crippen molar-refractivity contribution in [2.75, 3.05) is 12.3 Å². The van der Waals surface area contributed by atoms with Gasteiger partial charge in [0.1, 0.15) is 6.04 Å². The van der Waals surface area contributed by atoms with E-state index in [4.69, 9.17) is 0 Å². The number of nitrogens with zero attached hydrogens (tertiary/aromatic N) is 1. The van der Waals surface area contributed by atoms with Crippen molar-refractivity contribution < 1.29 is 19.5 Å². The lowest BCUT2D eigenvalue weighted by atomic mass is 9.97. The molecule has 24 heavy (non-hydrogen) atoms. The van der Waals surface area contributed by atoms with Gasteiger partial charge in [0.2, 0.25) is 5.91 Å². The van der Waals surface area contributed by atoms with Gasteiger partial charge < -0.3 is 10.0 Å². The van der Waals surface area contributed by atoms with Crippen LogP contribution in [0, 0.1) is 11.8 Å². The molecule has 0 aliphatic carbocycles. The zero-order valence-electron chi connectivity index (χ0n) is 14.0. The Morgan fingerprint density at radius 2 is 1.96 bits per heavy atom.